The highest BCUT2D eigenvalue weighted by molar-refractivity contribution is 6.07. The van der Waals surface area contributed by atoms with Gasteiger partial charge >= 0.3 is 5.97 Å². The lowest BCUT2D eigenvalue weighted by Gasteiger charge is -2.13. The van der Waals surface area contributed by atoms with E-state index in [1.165, 1.54) is 39.7 Å². The van der Waals surface area contributed by atoms with Crippen molar-refractivity contribution in [2.45, 2.75) is 0 Å². The number of nitrogens with one attached hydrogen (secondary N) is 1. The van der Waals surface area contributed by atoms with Crippen LogP contribution < -0.4 is 24.4 Å². The lowest BCUT2D eigenvalue weighted by Crippen LogP contribution is -2.18. The van der Waals surface area contributed by atoms with E-state index in [4.69, 9.17) is 23.9 Å². The maximum Gasteiger partial charge on any atom is 0.343 e. The molecule has 42 heavy (non-hydrogen) atoms. The van der Waals surface area contributed by atoms with Crippen molar-refractivity contribution >= 4 is 29.0 Å². The number of ether oxygens (including phenoxy) is 4. The van der Waals surface area contributed by atoms with E-state index in [0.29, 0.717) is 45.0 Å². The average Bonchev–Trinajstić information content (AvgIpc) is 3.03. The largest absolute Gasteiger partial charge is 0.493 e. The van der Waals surface area contributed by atoms with Gasteiger partial charge < -0.3 is 18.9 Å². The Bertz CT molecular complexity index is 1760. The van der Waals surface area contributed by atoms with E-state index in [1.54, 1.807) is 30.3 Å². The predicted octanol–water partition coefficient (Wildman–Crippen LogP) is 5.91. The van der Waals surface area contributed by atoms with Crippen molar-refractivity contribution in [2.24, 2.45) is 5.10 Å². The number of hydrogen-bond donors (Lipinski definition) is 1. The number of esters is 1. The van der Waals surface area contributed by atoms with Crippen molar-refractivity contribution in [3.8, 4) is 34.3 Å². The lowest BCUT2D eigenvalue weighted by atomic mass is 10.0. The number of methoxy groups -OCH3 is 3. The number of amides is 1. The van der Waals surface area contributed by atoms with E-state index >= 15 is 0 Å². The van der Waals surface area contributed by atoms with Gasteiger partial charge in [0.2, 0.25) is 5.75 Å². The molecular weight excluding hydrogens is 534 g/mol. The number of hydrogen-bond acceptors (Lipinski definition) is 8. The summed E-state index contributed by atoms with van der Waals surface area (Å²) in [5.41, 5.74) is 6.16. The van der Waals surface area contributed by atoms with Crippen LogP contribution in [0.2, 0.25) is 0 Å². The summed E-state index contributed by atoms with van der Waals surface area (Å²) in [5, 5.41) is 4.85. The fourth-order valence-corrected chi connectivity index (χ4v) is 4.37. The summed E-state index contributed by atoms with van der Waals surface area (Å²) in [7, 11) is 4.41. The molecule has 0 aliphatic carbocycles. The summed E-state index contributed by atoms with van der Waals surface area (Å²) in [4.78, 5) is 30.8. The molecule has 0 aliphatic heterocycles. The summed E-state index contributed by atoms with van der Waals surface area (Å²) in [6, 6.07) is 28.6. The minimum absolute atomic E-state index is 0.218. The van der Waals surface area contributed by atoms with Gasteiger partial charge in [-0.15, -0.1) is 0 Å². The van der Waals surface area contributed by atoms with Gasteiger partial charge in [-0.1, -0.05) is 60.7 Å². The van der Waals surface area contributed by atoms with E-state index in [0.717, 1.165) is 5.56 Å². The highest BCUT2D eigenvalue weighted by Gasteiger charge is 2.19. The second-order valence-corrected chi connectivity index (χ2v) is 9.01. The molecule has 1 heterocycles. The summed E-state index contributed by atoms with van der Waals surface area (Å²) in [6.45, 7) is 0. The van der Waals surface area contributed by atoms with Gasteiger partial charge in [0.1, 0.15) is 5.75 Å². The Kier molecular flexibility index (Phi) is 8.39. The Morgan fingerprint density at radius 1 is 0.786 bits per heavy atom. The molecule has 5 aromatic rings. The van der Waals surface area contributed by atoms with Gasteiger partial charge in [-0.2, -0.15) is 5.10 Å². The topological polar surface area (TPSA) is 108 Å². The molecule has 9 heteroatoms. The Morgan fingerprint density at radius 2 is 1.50 bits per heavy atom. The minimum Gasteiger partial charge on any atom is -0.493 e. The molecule has 1 amide bonds. The van der Waals surface area contributed by atoms with E-state index in [9.17, 15) is 9.59 Å². The van der Waals surface area contributed by atoms with Crippen molar-refractivity contribution in [3.05, 3.63) is 114 Å². The Labute approximate surface area is 242 Å². The zero-order valence-corrected chi connectivity index (χ0v) is 23.2. The van der Waals surface area contributed by atoms with Crippen LogP contribution in [0.3, 0.4) is 0 Å². The van der Waals surface area contributed by atoms with Crippen LogP contribution >= 0.6 is 0 Å². The van der Waals surface area contributed by atoms with Gasteiger partial charge in [-0.25, -0.2) is 15.2 Å². The first-order valence-corrected chi connectivity index (χ1v) is 12.9. The molecule has 0 saturated heterocycles. The van der Waals surface area contributed by atoms with Crippen LogP contribution in [0, 0.1) is 0 Å². The molecule has 0 unspecified atom stereocenters. The number of aromatic nitrogens is 1. The first-order chi connectivity index (χ1) is 20.5. The molecule has 1 N–H and O–H groups in total. The maximum atomic E-state index is 13.2. The summed E-state index contributed by atoms with van der Waals surface area (Å²) in [5.74, 6) is 0.323. The van der Waals surface area contributed by atoms with Crippen molar-refractivity contribution < 1.29 is 28.5 Å². The molecular formula is C33H27N3O6. The first kappa shape index (κ1) is 27.9. The fraction of sp³-hybridized carbons (Fsp3) is 0.0909. The highest BCUT2D eigenvalue weighted by atomic mass is 16.5. The van der Waals surface area contributed by atoms with Gasteiger partial charge in [0.15, 0.2) is 11.5 Å². The van der Waals surface area contributed by atoms with Gasteiger partial charge in [0.25, 0.3) is 5.91 Å². The number of pyridine rings is 1. The molecule has 0 radical (unpaired) electrons. The van der Waals surface area contributed by atoms with Crippen LogP contribution in [0.5, 0.6) is 23.0 Å². The normalized spacial score (nSPS) is 10.8. The molecule has 0 bridgehead atoms. The SMILES string of the molecule is COc1cc(C(=O)Oc2cccc(C=NNC(=O)c3cc(-c4ccccc4)nc4ccccc34)c2)cc(OC)c1OC. The molecule has 0 fully saturated rings. The number of hydrazone groups is 1. The van der Waals surface area contributed by atoms with Gasteiger partial charge in [-0.3, -0.25) is 4.79 Å². The van der Waals surface area contributed by atoms with Crippen LogP contribution in [-0.2, 0) is 0 Å². The standard InChI is InChI=1S/C33H27N3O6/c1-39-29-17-23(18-30(40-2)31(29)41-3)33(38)42-24-13-9-10-21(16-24)20-34-36-32(37)26-19-28(22-11-5-4-6-12-22)35-27-15-8-7-14-25(26)27/h4-20H,1-3H3,(H,36,37). The quantitative estimate of drug-likeness (QED) is 0.103. The highest BCUT2D eigenvalue weighted by Crippen LogP contribution is 2.38. The summed E-state index contributed by atoms with van der Waals surface area (Å²) < 4.78 is 21.5. The third kappa shape index (κ3) is 6.05. The van der Waals surface area contributed by atoms with E-state index in [1.807, 2.05) is 54.6 Å². The van der Waals surface area contributed by atoms with Crippen molar-refractivity contribution in [1.29, 1.82) is 0 Å². The van der Waals surface area contributed by atoms with E-state index < -0.39 is 5.97 Å². The zero-order valence-electron chi connectivity index (χ0n) is 23.2. The zero-order chi connectivity index (χ0) is 29.5. The lowest BCUT2D eigenvalue weighted by molar-refractivity contribution is 0.0733. The average molecular weight is 562 g/mol. The number of para-hydroxylation sites is 1. The fourth-order valence-electron chi connectivity index (χ4n) is 4.37. The van der Waals surface area contributed by atoms with Crippen LogP contribution in [0.25, 0.3) is 22.2 Å². The number of fused-ring (bicyclic) bond motifs is 1. The molecule has 0 aliphatic rings. The number of carbonyl (C=O) groups is 2. The second kappa shape index (κ2) is 12.6. The molecule has 5 rings (SSSR count). The number of benzene rings is 4. The summed E-state index contributed by atoms with van der Waals surface area (Å²) >= 11 is 0. The monoisotopic (exact) mass is 561 g/mol. The first-order valence-electron chi connectivity index (χ1n) is 12.9. The van der Waals surface area contributed by atoms with Crippen molar-refractivity contribution in [1.82, 2.24) is 10.4 Å². The molecule has 1 aromatic heterocycles. The molecule has 210 valence electrons. The van der Waals surface area contributed by atoms with E-state index in [2.05, 4.69) is 10.5 Å². The molecule has 9 nitrogen and oxygen atoms in total. The predicted molar refractivity (Wildman–Crippen MR) is 160 cm³/mol. The molecule has 4 aromatic carbocycles. The third-order valence-corrected chi connectivity index (χ3v) is 6.38. The van der Waals surface area contributed by atoms with Crippen molar-refractivity contribution in [2.75, 3.05) is 21.3 Å². The van der Waals surface area contributed by atoms with Crippen LogP contribution in [-0.4, -0.2) is 44.4 Å². The van der Waals surface area contributed by atoms with Gasteiger partial charge in [-0.05, 0) is 42.0 Å². The number of nitrogens with zero attached hydrogens (tertiary/aromatic N) is 2. The maximum absolute atomic E-state index is 13.2. The molecule has 0 saturated carbocycles. The minimum atomic E-state index is -0.615. The van der Waals surface area contributed by atoms with Crippen LogP contribution in [0.4, 0.5) is 0 Å². The smallest absolute Gasteiger partial charge is 0.343 e. The van der Waals surface area contributed by atoms with Gasteiger partial charge in [0, 0.05) is 10.9 Å². The summed E-state index contributed by atoms with van der Waals surface area (Å²) in [6.07, 6.45) is 1.47. The van der Waals surface area contributed by atoms with Crippen molar-refractivity contribution in [3.63, 3.8) is 0 Å². The Morgan fingerprint density at radius 3 is 2.21 bits per heavy atom. The number of rotatable bonds is 9. The van der Waals surface area contributed by atoms with E-state index in [-0.39, 0.29) is 17.2 Å². The third-order valence-electron chi connectivity index (χ3n) is 6.38. The Hall–Kier alpha value is -5.70. The number of carbonyl (C=O) groups excluding carboxylic acids is 2. The van der Waals surface area contributed by atoms with Gasteiger partial charge in [0.05, 0.1) is 49.9 Å². The van der Waals surface area contributed by atoms with Crippen LogP contribution in [0.1, 0.15) is 26.3 Å². The molecule has 0 atom stereocenters. The molecule has 0 spiro atoms. The second-order valence-electron chi connectivity index (χ2n) is 9.01. The van der Waals surface area contributed by atoms with Crippen LogP contribution in [0.15, 0.2) is 102 Å². The Balaban J connectivity index is 1.32.